The number of rotatable bonds is 6. The summed E-state index contributed by atoms with van der Waals surface area (Å²) in [4.78, 5) is 0. The maximum Gasteiger partial charge on any atom is 0.161 e. The van der Waals surface area contributed by atoms with E-state index < -0.39 is 0 Å². The van der Waals surface area contributed by atoms with Crippen molar-refractivity contribution in [1.29, 1.82) is 0 Å². The molecular formula is C16H18O3. The van der Waals surface area contributed by atoms with Crippen molar-refractivity contribution < 1.29 is 14.2 Å². The minimum absolute atomic E-state index is 0.508. The summed E-state index contributed by atoms with van der Waals surface area (Å²) in [6.07, 6.45) is 0. The van der Waals surface area contributed by atoms with Crippen molar-refractivity contribution >= 4 is 0 Å². The van der Waals surface area contributed by atoms with E-state index in [4.69, 9.17) is 14.2 Å². The number of ether oxygens (including phenoxy) is 3. The van der Waals surface area contributed by atoms with E-state index in [1.165, 1.54) is 0 Å². The molecular weight excluding hydrogens is 240 g/mol. The molecule has 0 unspecified atom stereocenters. The van der Waals surface area contributed by atoms with Crippen LogP contribution in [0.1, 0.15) is 12.5 Å². The first-order valence-corrected chi connectivity index (χ1v) is 6.31. The number of hydrogen-bond donors (Lipinski definition) is 0. The van der Waals surface area contributed by atoms with Crippen LogP contribution in [0.2, 0.25) is 0 Å². The summed E-state index contributed by atoms with van der Waals surface area (Å²) < 4.78 is 16.4. The number of hydrogen-bond acceptors (Lipinski definition) is 3. The maximum absolute atomic E-state index is 5.78. The standard InChI is InChI=1S/C16H18O3/c1-3-18-15-6-4-5-7-16(15)19-12-13-8-10-14(17-2)11-9-13/h4-11H,3,12H2,1-2H3. The zero-order chi connectivity index (χ0) is 13.5. The SMILES string of the molecule is CCOc1ccccc1OCc1ccc(OC)cc1. The Balaban J connectivity index is 2.01. The van der Waals surface area contributed by atoms with Gasteiger partial charge in [0.25, 0.3) is 0 Å². The fraction of sp³-hybridized carbons (Fsp3) is 0.250. The largest absolute Gasteiger partial charge is 0.497 e. The third-order valence-corrected chi connectivity index (χ3v) is 2.70. The molecule has 0 heterocycles. The highest BCUT2D eigenvalue weighted by atomic mass is 16.5. The van der Waals surface area contributed by atoms with Gasteiger partial charge in [-0.15, -0.1) is 0 Å². The van der Waals surface area contributed by atoms with E-state index >= 15 is 0 Å². The molecule has 0 fully saturated rings. The first-order chi connectivity index (χ1) is 9.33. The molecule has 0 aliphatic rings. The number of methoxy groups -OCH3 is 1. The number of benzene rings is 2. The molecule has 3 nitrogen and oxygen atoms in total. The summed E-state index contributed by atoms with van der Waals surface area (Å²) >= 11 is 0. The van der Waals surface area contributed by atoms with Crippen LogP contribution < -0.4 is 14.2 Å². The summed E-state index contributed by atoms with van der Waals surface area (Å²) in [5, 5.41) is 0. The Morgan fingerprint density at radius 1 is 0.842 bits per heavy atom. The molecule has 100 valence electrons. The van der Waals surface area contributed by atoms with Crippen LogP contribution in [0.4, 0.5) is 0 Å². The first-order valence-electron chi connectivity index (χ1n) is 6.31. The summed E-state index contributed by atoms with van der Waals surface area (Å²) in [6.45, 7) is 3.09. The molecule has 0 amide bonds. The zero-order valence-electron chi connectivity index (χ0n) is 11.3. The maximum atomic E-state index is 5.78. The lowest BCUT2D eigenvalue weighted by molar-refractivity contribution is 0.269. The van der Waals surface area contributed by atoms with Gasteiger partial charge in [-0.25, -0.2) is 0 Å². The topological polar surface area (TPSA) is 27.7 Å². The molecule has 0 bridgehead atoms. The predicted octanol–water partition coefficient (Wildman–Crippen LogP) is 3.67. The van der Waals surface area contributed by atoms with Gasteiger partial charge in [0.1, 0.15) is 12.4 Å². The molecule has 2 aromatic rings. The number of para-hydroxylation sites is 2. The molecule has 2 aromatic carbocycles. The van der Waals surface area contributed by atoms with Crippen LogP contribution in [0.5, 0.6) is 17.2 Å². The van der Waals surface area contributed by atoms with Crippen molar-refractivity contribution in [3.05, 3.63) is 54.1 Å². The highest BCUT2D eigenvalue weighted by molar-refractivity contribution is 5.39. The quantitative estimate of drug-likeness (QED) is 0.791. The lowest BCUT2D eigenvalue weighted by Crippen LogP contribution is -1.99. The fourth-order valence-electron chi connectivity index (χ4n) is 1.73. The Hall–Kier alpha value is -2.16. The van der Waals surface area contributed by atoms with Crippen molar-refractivity contribution in [2.75, 3.05) is 13.7 Å². The van der Waals surface area contributed by atoms with E-state index in [1.54, 1.807) is 7.11 Å². The summed E-state index contributed by atoms with van der Waals surface area (Å²) in [6, 6.07) is 15.5. The average molecular weight is 258 g/mol. The van der Waals surface area contributed by atoms with E-state index in [0.29, 0.717) is 13.2 Å². The van der Waals surface area contributed by atoms with Gasteiger partial charge in [-0.1, -0.05) is 24.3 Å². The molecule has 0 atom stereocenters. The summed E-state index contributed by atoms with van der Waals surface area (Å²) in [7, 11) is 1.66. The van der Waals surface area contributed by atoms with Crippen LogP contribution in [-0.4, -0.2) is 13.7 Å². The van der Waals surface area contributed by atoms with Crippen molar-refractivity contribution in [3.63, 3.8) is 0 Å². The molecule has 0 aliphatic carbocycles. The highest BCUT2D eigenvalue weighted by Gasteiger charge is 2.03. The van der Waals surface area contributed by atoms with Gasteiger partial charge in [0.2, 0.25) is 0 Å². The lowest BCUT2D eigenvalue weighted by atomic mass is 10.2. The van der Waals surface area contributed by atoms with Gasteiger partial charge in [0.05, 0.1) is 13.7 Å². The third kappa shape index (κ3) is 3.65. The summed E-state index contributed by atoms with van der Waals surface area (Å²) in [5.41, 5.74) is 1.09. The first kappa shape index (κ1) is 13.3. The summed E-state index contributed by atoms with van der Waals surface area (Å²) in [5.74, 6) is 2.39. The Morgan fingerprint density at radius 3 is 2.05 bits per heavy atom. The van der Waals surface area contributed by atoms with E-state index in [-0.39, 0.29) is 0 Å². The second-order valence-electron chi connectivity index (χ2n) is 4.02. The smallest absolute Gasteiger partial charge is 0.161 e. The minimum atomic E-state index is 0.508. The molecule has 0 aromatic heterocycles. The van der Waals surface area contributed by atoms with E-state index in [0.717, 1.165) is 22.8 Å². The van der Waals surface area contributed by atoms with Gasteiger partial charge in [0, 0.05) is 0 Å². The Bertz CT molecular complexity index is 506. The average Bonchev–Trinajstić information content (AvgIpc) is 2.47. The van der Waals surface area contributed by atoms with E-state index in [2.05, 4.69) is 0 Å². The van der Waals surface area contributed by atoms with Gasteiger partial charge >= 0.3 is 0 Å². The lowest BCUT2D eigenvalue weighted by Gasteiger charge is -2.11. The van der Waals surface area contributed by atoms with Crippen LogP contribution in [0.3, 0.4) is 0 Å². The highest BCUT2D eigenvalue weighted by Crippen LogP contribution is 2.27. The van der Waals surface area contributed by atoms with Crippen LogP contribution in [0.15, 0.2) is 48.5 Å². The fourth-order valence-corrected chi connectivity index (χ4v) is 1.73. The molecule has 0 spiro atoms. The molecule has 0 saturated carbocycles. The molecule has 0 aliphatic heterocycles. The van der Waals surface area contributed by atoms with Crippen molar-refractivity contribution in [2.45, 2.75) is 13.5 Å². The Morgan fingerprint density at radius 2 is 1.47 bits per heavy atom. The van der Waals surface area contributed by atoms with Gasteiger partial charge in [-0.05, 0) is 36.8 Å². The normalized spacial score (nSPS) is 10.0. The van der Waals surface area contributed by atoms with E-state index in [9.17, 15) is 0 Å². The minimum Gasteiger partial charge on any atom is -0.497 e. The van der Waals surface area contributed by atoms with Gasteiger partial charge in [0.15, 0.2) is 11.5 Å². The van der Waals surface area contributed by atoms with Crippen molar-refractivity contribution in [3.8, 4) is 17.2 Å². The van der Waals surface area contributed by atoms with Crippen molar-refractivity contribution in [2.24, 2.45) is 0 Å². The molecule has 0 radical (unpaired) electrons. The molecule has 3 heteroatoms. The molecule has 2 rings (SSSR count). The monoisotopic (exact) mass is 258 g/mol. The van der Waals surface area contributed by atoms with Crippen molar-refractivity contribution in [1.82, 2.24) is 0 Å². The second-order valence-corrected chi connectivity index (χ2v) is 4.02. The van der Waals surface area contributed by atoms with Crippen LogP contribution in [0.25, 0.3) is 0 Å². The molecule has 0 N–H and O–H groups in total. The van der Waals surface area contributed by atoms with Crippen LogP contribution in [0, 0.1) is 0 Å². The zero-order valence-corrected chi connectivity index (χ0v) is 11.3. The Labute approximate surface area is 113 Å². The predicted molar refractivity (Wildman–Crippen MR) is 74.9 cm³/mol. The van der Waals surface area contributed by atoms with Gasteiger partial charge in [-0.3, -0.25) is 0 Å². The van der Waals surface area contributed by atoms with Crippen LogP contribution in [-0.2, 0) is 6.61 Å². The second kappa shape index (κ2) is 6.69. The molecule has 19 heavy (non-hydrogen) atoms. The van der Waals surface area contributed by atoms with Crippen LogP contribution >= 0.6 is 0 Å². The Kier molecular flexibility index (Phi) is 4.67. The van der Waals surface area contributed by atoms with Gasteiger partial charge in [-0.2, -0.15) is 0 Å². The molecule has 0 saturated heterocycles. The van der Waals surface area contributed by atoms with Gasteiger partial charge < -0.3 is 14.2 Å². The van der Waals surface area contributed by atoms with E-state index in [1.807, 2.05) is 55.5 Å². The third-order valence-electron chi connectivity index (χ3n) is 2.70.